The molecule has 0 bridgehead atoms. The van der Waals surface area contributed by atoms with Crippen LogP contribution in [0.5, 0.6) is 0 Å². The summed E-state index contributed by atoms with van der Waals surface area (Å²) in [5, 5.41) is 3.56. The fourth-order valence-electron chi connectivity index (χ4n) is 3.66. The van der Waals surface area contributed by atoms with Gasteiger partial charge in [0.05, 0.1) is 0 Å². The van der Waals surface area contributed by atoms with E-state index in [0.717, 1.165) is 25.0 Å². The second-order valence-corrected chi connectivity index (χ2v) is 8.25. The van der Waals surface area contributed by atoms with E-state index in [1.54, 1.807) is 0 Å². The van der Waals surface area contributed by atoms with Gasteiger partial charge in [-0.25, -0.2) is 0 Å². The first-order chi connectivity index (χ1) is 10.5. The molecule has 0 aromatic heterocycles. The molecule has 0 aromatic rings. The molecule has 1 N–H and O–H groups in total. The second-order valence-electron chi connectivity index (χ2n) is 8.25. The Balaban J connectivity index is 1.68. The molecule has 2 fully saturated rings. The van der Waals surface area contributed by atoms with Gasteiger partial charge in [-0.1, -0.05) is 20.8 Å². The minimum Gasteiger partial charge on any atom is -0.356 e. The van der Waals surface area contributed by atoms with Crippen molar-refractivity contribution in [1.82, 2.24) is 15.1 Å². The predicted octanol–water partition coefficient (Wildman–Crippen LogP) is 2.81. The Kier molecular flexibility index (Phi) is 6.54. The zero-order chi connectivity index (χ0) is 16.0. The topological polar surface area (TPSA) is 30.9 Å². The number of nitrogens with one attached hydrogen (secondary N) is 1. The van der Waals surface area contributed by atoms with Crippen molar-refractivity contribution in [3.05, 3.63) is 0 Å². The molecule has 1 atom stereocenters. The predicted molar refractivity (Wildman–Crippen MR) is 95.4 cm³/mol. The largest absolute Gasteiger partial charge is 0.356 e. The molecule has 0 amide bonds. The van der Waals surface area contributed by atoms with Crippen LogP contribution in [0.25, 0.3) is 0 Å². The number of likely N-dealkylation sites (tertiary alicyclic amines) is 2. The SMILES string of the molecule is CN=C(NCCCC(C)(C)C)N1CCC(CN2CCCC2)C1. The maximum absolute atomic E-state index is 4.49. The quantitative estimate of drug-likeness (QED) is 0.481. The lowest BCUT2D eigenvalue weighted by Gasteiger charge is -2.24. The van der Waals surface area contributed by atoms with Gasteiger partial charge >= 0.3 is 0 Å². The third-order valence-corrected chi connectivity index (χ3v) is 4.90. The minimum absolute atomic E-state index is 0.430. The van der Waals surface area contributed by atoms with Crippen LogP contribution >= 0.6 is 0 Å². The molecule has 2 aliphatic heterocycles. The molecule has 4 nitrogen and oxygen atoms in total. The van der Waals surface area contributed by atoms with Gasteiger partial charge in [-0.15, -0.1) is 0 Å². The molecular formula is C18H36N4. The van der Waals surface area contributed by atoms with Crippen molar-refractivity contribution in [2.75, 3.05) is 46.3 Å². The Bertz CT molecular complexity index is 353. The lowest BCUT2D eigenvalue weighted by molar-refractivity contribution is 0.281. The summed E-state index contributed by atoms with van der Waals surface area (Å²) < 4.78 is 0. The van der Waals surface area contributed by atoms with E-state index in [-0.39, 0.29) is 0 Å². The molecule has 2 aliphatic rings. The molecule has 1 unspecified atom stereocenters. The summed E-state index contributed by atoms with van der Waals surface area (Å²) in [5.41, 5.74) is 0.430. The first-order valence-electron chi connectivity index (χ1n) is 9.16. The number of hydrogen-bond acceptors (Lipinski definition) is 2. The number of nitrogens with zero attached hydrogens (tertiary/aromatic N) is 3. The molecule has 22 heavy (non-hydrogen) atoms. The van der Waals surface area contributed by atoms with Gasteiger partial charge in [0, 0.05) is 33.2 Å². The summed E-state index contributed by atoms with van der Waals surface area (Å²) in [6.45, 7) is 14.2. The van der Waals surface area contributed by atoms with E-state index in [0.29, 0.717) is 5.41 Å². The van der Waals surface area contributed by atoms with E-state index in [1.165, 1.54) is 58.3 Å². The molecule has 2 rings (SSSR count). The molecule has 128 valence electrons. The maximum Gasteiger partial charge on any atom is 0.193 e. The van der Waals surface area contributed by atoms with Gasteiger partial charge < -0.3 is 15.1 Å². The van der Waals surface area contributed by atoms with Gasteiger partial charge in [-0.3, -0.25) is 4.99 Å². The normalized spacial score (nSPS) is 24.3. The van der Waals surface area contributed by atoms with Crippen LogP contribution in [0.1, 0.15) is 52.9 Å². The van der Waals surface area contributed by atoms with Crippen LogP contribution < -0.4 is 5.32 Å². The van der Waals surface area contributed by atoms with Crippen molar-refractivity contribution in [2.45, 2.75) is 52.9 Å². The van der Waals surface area contributed by atoms with Crippen LogP contribution in [-0.2, 0) is 0 Å². The van der Waals surface area contributed by atoms with Crippen LogP contribution in [0.4, 0.5) is 0 Å². The highest BCUT2D eigenvalue weighted by molar-refractivity contribution is 5.80. The van der Waals surface area contributed by atoms with E-state index >= 15 is 0 Å². The van der Waals surface area contributed by atoms with E-state index in [2.05, 4.69) is 40.9 Å². The van der Waals surface area contributed by atoms with Crippen LogP contribution in [-0.4, -0.2) is 62.1 Å². The van der Waals surface area contributed by atoms with Crippen molar-refractivity contribution >= 4 is 5.96 Å². The van der Waals surface area contributed by atoms with Crippen LogP contribution in [0, 0.1) is 11.3 Å². The van der Waals surface area contributed by atoms with Gasteiger partial charge in [0.15, 0.2) is 5.96 Å². The van der Waals surface area contributed by atoms with E-state index in [4.69, 9.17) is 0 Å². The third-order valence-electron chi connectivity index (χ3n) is 4.90. The highest BCUT2D eigenvalue weighted by Crippen LogP contribution is 2.21. The number of hydrogen-bond donors (Lipinski definition) is 1. The van der Waals surface area contributed by atoms with E-state index < -0.39 is 0 Å². The summed E-state index contributed by atoms with van der Waals surface area (Å²) in [6, 6.07) is 0. The molecule has 0 aliphatic carbocycles. The Morgan fingerprint density at radius 3 is 2.55 bits per heavy atom. The molecule has 2 saturated heterocycles. The molecule has 4 heteroatoms. The standard InChI is InChI=1S/C18H36N4/c1-18(2,3)9-7-10-20-17(19-4)22-13-8-16(15-22)14-21-11-5-6-12-21/h16H,5-15H2,1-4H3,(H,19,20). The zero-order valence-electron chi connectivity index (χ0n) is 15.2. The zero-order valence-corrected chi connectivity index (χ0v) is 15.2. The van der Waals surface area contributed by atoms with E-state index in [1.807, 2.05) is 7.05 Å². The minimum atomic E-state index is 0.430. The Hall–Kier alpha value is -0.770. The average molecular weight is 309 g/mol. The fourth-order valence-corrected chi connectivity index (χ4v) is 3.66. The Morgan fingerprint density at radius 2 is 1.91 bits per heavy atom. The van der Waals surface area contributed by atoms with Crippen LogP contribution in [0.15, 0.2) is 4.99 Å². The molecule has 0 radical (unpaired) electrons. The molecule has 0 spiro atoms. The monoisotopic (exact) mass is 308 g/mol. The van der Waals surface area contributed by atoms with Crippen molar-refractivity contribution in [1.29, 1.82) is 0 Å². The second kappa shape index (κ2) is 8.19. The van der Waals surface area contributed by atoms with Crippen molar-refractivity contribution in [2.24, 2.45) is 16.3 Å². The lowest BCUT2D eigenvalue weighted by atomic mass is 9.91. The van der Waals surface area contributed by atoms with Crippen LogP contribution in [0.2, 0.25) is 0 Å². The highest BCUT2D eigenvalue weighted by Gasteiger charge is 2.27. The third kappa shape index (κ3) is 5.79. The molecular weight excluding hydrogens is 272 g/mol. The van der Waals surface area contributed by atoms with Gasteiger partial charge in [0.1, 0.15) is 0 Å². The summed E-state index contributed by atoms with van der Waals surface area (Å²) in [5.74, 6) is 1.93. The summed E-state index contributed by atoms with van der Waals surface area (Å²) in [4.78, 5) is 9.59. The van der Waals surface area contributed by atoms with E-state index in [9.17, 15) is 0 Å². The summed E-state index contributed by atoms with van der Waals surface area (Å²) in [6.07, 6.45) is 6.59. The Morgan fingerprint density at radius 1 is 1.18 bits per heavy atom. The maximum atomic E-state index is 4.49. The first-order valence-corrected chi connectivity index (χ1v) is 9.16. The summed E-state index contributed by atoms with van der Waals surface area (Å²) >= 11 is 0. The summed E-state index contributed by atoms with van der Waals surface area (Å²) in [7, 11) is 1.92. The molecule has 0 aromatic carbocycles. The van der Waals surface area contributed by atoms with Gasteiger partial charge in [0.25, 0.3) is 0 Å². The first kappa shape index (κ1) is 17.6. The number of rotatable bonds is 5. The van der Waals surface area contributed by atoms with Gasteiger partial charge in [-0.05, 0) is 56.5 Å². The smallest absolute Gasteiger partial charge is 0.193 e. The van der Waals surface area contributed by atoms with Crippen molar-refractivity contribution in [3.8, 4) is 0 Å². The lowest BCUT2D eigenvalue weighted by Crippen LogP contribution is -2.41. The van der Waals surface area contributed by atoms with Crippen molar-refractivity contribution in [3.63, 3.8) is 0 Å². The molecule has 2 heterocycles. The van der Waals surface area contributed by atoms with Gasteiger partial charge in [0.2, 0.25) is 0 Å². The Labute approximate surface area is 137 Å². The molecule has 0 saturated carbocycles. The van der Waals surface area contributed by atoms with Crippen molar-refractivity contribution < 1.29 is 0 Å². The highest BCUT2D eigenvalue weighted by atomic mass is 15.3. The van der Waals surface area contributed by atoms with Crippen LogP contribution in [0.3, 0.4) is 0 Å². The number of aliphatic imine (C=N–C) groups is 1. The van der Waals surface area contributed by atoms with Gasteiger partial charge in [-0.2, -0.15) is 0 Å². The fraction of sp³-hybridized carbons (Fsp3) is 0.944. The number of guanidine groups is 1. The average Bonchev–Trinajstić information content (AvgIpc) is 3.10.